The van der Waals surface area contributed by atoms with E-state index in [4.69, 9.17) is 9.47 Å². The van der Waals surface area contributed by atoms with Crippen LogP contribution in [0, 0.1) is 6.92 Å². The summed E-state index contributed by atoms with van der Waals surface area (Å²) in [6, 6.07) is 12.3. The minimum Gasteiger partial charge on any atom is -0.454 e. The van der Waals surface area contributed by atoms with Gasteiger partial charge >= 0.3 is 0 Å². The molecule has 5 rings (SSSR count). The lowest BCUT2D eigenvalue weighted by atomic mass is 9.87. The highest BCUT2D eigenvalue weighted by atomic mass is 16.7. The molecule has 1 aliphatic heterocycles. The monoisotopic (exact) mass is 389 g/mol. The van der Waals surface area contributed by atoms with Crippen molar-refractivity contribution in [2.24, 2.45) is 0 Å². The molecule has 2 aromatic carbocycles. The van der Waals surface area contributed by atoms with E-state index in [2.05, 4.69) is 50.9 Å². The molecular formula is C25H27NO3. The van der Waals surface area contributed by atoms with Gasteiger partial charge in [0.15, 0.2) is 11.5 Å². The highest BCUT2D eigenvalue weighted by molar-refractivity contribution is 5.95. The van der Waals surface area contributed by atoms with E-state index in [9.17, 15) is 4.79 Å². The average molecular weight is 389 g/mol. The number of H-pyrrole nitrogens is 1. The maximum absolute atomic E-state index is 13.3. The molecule has 0 unspecified atom stereocenters. The summed E-state index contributed by atoms with van der Waals surface area (Å²) in [6.45, 7) is 9.08. The number of hydrogen-bond donors (Lipinski definition) is 1. The summed E-state index contributed by atoms with van der Waals surface area (Å²) < 4.78 is 10.9. The first-order chi connectivity index (χ1) is 13.8. The molecule has 0 saturated heterocycles. The van der Waals surface area contributed by atoms with Crippen molar-refractivity contribution in [3.05, 3.63) is 58.8 Å². The standard InChI is InChI=1S/C25H27NO3/c1-15-18-11-16(5-7-19(18)26-23(15)24(2,3)4)12-22(27)25(9-10-25)17-6-8-20-21(13-17)29-14-28-20/h5-8,11,13,26H,9-10,12,14H2,1-4H3. The fourth-order valence-electron chi connectivity index (χ4n) is 4.64. The number of carbonyl (C=O) groups excluding carboxylic acids is 1. The summed E-state index contributed by atoms with van der Waals surface area (Å²) in [5.41, 5.74) is 5.52. The van der Waals surface area contributed by atoms with Crippen LogP contribution in [0.4, 0.5) is 0 Å². The third-order valence-corrected chi connectivity index (χ3v) is 6.45. The number of ether oxygens (including phenoxy) is 2. The SMILES string of the molecule is Cc1c(C(C)(C)C)[nH]c2ccc(CC(=O)C3(c4ccc5c(c4)OCO5)CC3)cc12. The Hall–Kier alpha value is -2.75. The zero-order valence-electron chi connectivity index (χ0n) is 17.5. The molecule has 1 fully saturated rings. The zero-order chi connectivity index (χ0) is 20.4. The van der Waals surface area contributed by atoms with Gasteiger partial charge < -0.3 is 14.5 Å². The molecule has 4 nitrogen and oxygen atoms in total. The number of fused-ring (bicyclic) bond motifs is 2. The van der Waals surface area contributed by atoms with E-state index in [1.165, 1.54) is 16.6 Å². The second-order valence-corrected chi connectivity index (χ2v) is 9.51. The second-order valence-electron chi connectivity index (χ2n) is 9.51. The van der Waals surface area contributed by atoms with E-state index in [1.54, 1.807) is 0 Å². The Morgan fingerprint density at radius 3 is 2.55 bits per heavy atom. The molecule has 0 spiro atoms. The smallest absolute Gasteiger partial charge is 0.231 e. The third-order valence-electron chi connectivity index (χ3n) is 6.45. The number of rotatable bonds is 4. The van der Waals surface area contributed by atoms with Gasteiger partial charge in [-0.2, -0.15) is 0 Å². The summed E-state index contributed by atoms with van der Waals surface area (Å²) in [5, 5.41) is 1.22. The number of aromatic nitrogens is 1. The molecule has 2 aliphatic rings. The van der Waals surface area contributed by atoms with Crippen LogP contribution in [0.15, 0.2) is 36.4 Å². The highest BCUT2D eigenvalue weighted by Gasteiger charge is 2.50. The number of aromatic amines is 1. The normalized spacial score (nSPS) is 17.0. The number of benzene rings is 2. The minimum absolute atomic E-state index is 0.0660. The van der Waals surface area contributed by atoms with Gasteiger partial charge in [0.1, 0.15) is 5.78 Å². The van der Waals surface area contributed by atoms with Crippen molar-refractivity contribution in [3.63, 3.8) is 0 Å². The minimum atomic E-state index is -0.361. The van der Waals surface area contributed by atoms with Gasteiger partial charge in [-0.05, 0) is 60.7 Å². The van der Waals surface area contributed by atoms with Crippen LogP contribution in [0.25, 0.3) is 10.9 Å². The number of ketones is 1. The summed E-state index contributed by atoms with van der Waals surface area (Å²) in [4.78, 5) is 16.9. The van der Waals surface area contributed by atoms with Crippen molar-refractivity contribution < 1.29 is 14.3 Å². The predicted octanol–water partition coefficient (Wildman–Crippen LogP) is 5.35. The molecule has 0 atom stereocenters. The molecule has 1 N–H and O–H groups in total. The summed E-state index contributed by atoms with van der Waals surface area (Å²) in [5.74, 6) is 1.81. The molecule has 3 aromatic rings. The Morgan fingerprint density at radius 1 is 1.07 bits per heavy atom. The lowest BCUT2D eigenvalue weighted by Gasteiger charge is -2.18. The van der Waals surface area contributed by atoms with Crippen LogP contribution in [-0.4, -0.2) is 17.6 Å². The van der Waals surface area contributed by atoms with E-state index in [1.807, 2.05) is 18.2 Å². The van der Waals surface area contributed by atoms with Crippen LogP contribution >= 0.6 is 0 Å². The number of aryl methyl sites for hydroxylation is 1. The van der Waals surface area contributed by atoms with Gasteiger partial charge in [-0.15, -0.1) is 0 Å². The molecule has 4 heteroatoms. The topological polar surface area (TPSA) is 51.3 Å². The first kappa shape index (κ1) is 18.3. The van der Waals surface area contributed by atoms with Crippen LogP contribution in [-0.2, 0) is 22.0 Å². The fraction of sp³-hybridized carbons (Fsp3) is 0.400. The Bertz CT molecular complexity index is 1130. The Morgan fingerprint density at radius 2 is 1.83 bits per heavy atom. The van der Waals surface area contributed by atoms with Crippen LogP contribution in [0.2, 0.25) is 0 Å². The highest BCUT2D eigenvalue weighted by Crippen LogP contribution is 2.51. The van der Waals surface area contributed by atoms with Gasteiger partial charge in [0.2, 0.25) is 6.79 Å². The van der Waals surface area contributed by atoms with Gasteiger partial charge in [0.05, 0.1) is 5.41 Å². The number of carbonyl (C=O) groups is 1. The largest absolute Gasteiger partial charge is 0.454 e. The molecule has 1 aromatic heterocycles. The fourth-order valence-corrected chi connectivity index (χ4v) is 4.64. The van der Waals surface area contributed by atoms with Gasteiger partial charge in [0.25, 0.3) is 0 Å². The molecule has 0 radical (unpaired) electrons. The van der Waals surface area contributed by atoms with Crippen molar-refractivity contribution in [1.29, 1.82) is 0 Å². The van der Waals surface area contributed by atoms with Gasteiger partial charge in [-0.25, -0.2) is 0 Å². The van der Waals surface area contributed by atoms with Gasteiger partial charge in [-0.1, -0.05) is 32.9 Å². The maximum Gasteiger partial charge on any atom is 0.231 e. The first-order valence-corrected chi connectivity index (χ1v) is 10.3. The summed E-state index contributed by atoms with van der Waals surface area (Å²) in [6.07, 6.45) is 2.27. The second kappa shape index (κ2) is 6.12. The van der Waals surface area contributed by atoms with E-state index < -0.39 is 0 Å². The quantitative estimate of drug-likeness (QED) is 0.655. The van der Waals surface area contributed by atoms with Crippen molar-refractivity contribution in [2.75, 3.05) is 6.79 Å². The molecule has 1 aliphatic carbocycles. The van der Waals surface area contributed by atoms with Crippen LogP contribution in [0.1, 0.15) is 56.0 Å². The number of hydrogen-bond acceptors (Lipinski definition) is 3. The molecular weight excluding hydrogens is 362 g/mol. The zero-order valence-corrected chi connectivity index (χ0v) is 17.5. The number of nitrogens with one attached hydrogen (secondary N) is 1. The van der Waals surface area contributed by atoms with E-state index in [0.717, 1.165) is 41.0 Å². The molecule has 0 bridgehead atoms. The van der Waals surface area contributed by atoms with Gasteiger partial charge in [-0.3, -0.25) is 4.79 Å². The molecule has 1 saturated carbocycles. The Balaban J connectivity index is 1.43. The molecule has 29 heavy (non-hydrogen) atoms. The van der Waals surface area contributed by atoms with Crippen molar-refractivity contribution >= 4 is 16.7 Å². The van der Waals surface area contributed by atoms with E-state index in [-0.39, 0.29) is 17.6 Å². The Labute approximate surface area is 171 Å². The molecule has 0 amide bonds. The first-order valence-electron chi connectivity index (χ1n) is 10.3. The average Bonchev–Trinajstić information content (AvgIpc) is 3.24. The van der Waals surface area contributed by atoms with E-state index in [0.29, 0.717) is 12.2 Å². The van der Waals surface area contributed by atoms with Crippen molar-refractivity contribution in [1.82, 2.24) is 4.98 Å². The van der Waals surface area contributed by atoms with Crippen LogP contribution in [0.5, 0.6) is 11.5 Å². The Kier molecular flexibility index (Phi) is 3.86. The lowest BCUT2D eigenvalue weighted by molar-refractivity contribution is -0.120. The van der Waals surface area contributed by atoms with Crippen LogP contribution in [0.3, 0.4) is 0 Å². The van der Waals surface area contributed by atoms with E-state index >= 15 is 0 Å². The summed E-state index contributed by atoms with van der Waals surface area (Å²) in [7, 11) is 0. The molecule has 2 heterocycles. The third kappa shape index (κ3) is 2.93. The lowest BCUT2D eigenvalue weighted by Crippen LogP contribution is -2.22. The van der Waals surface area contributed by atoms with Crippen molar-refractivity contribution in [3.8, 4) is 11.5 Å². The summed E-state index contributed by atoms with van der Waals surface area (Å²) >= 11 is 0. The predicted molar refractivity (Wildman–Crippen MR) is 114 cm³/mol. The number of Topliss-reactive ketones (excluding diaryl/α,β-unsaturated/α-hetero) is 1. The van der Waals surface area contributed by atoms with Crippen LogP contribution < -0.4 is 9.47 Å². The van der Waals surface area contributed by atoms with Crippen molar-refractivity contribution in [2.45, 2.75) is 57.8 Å². The van der Waals surface area contributed by atoms with Gasteiger partial charge in [0, 0.05) is 28.4 Å². The molecule has 150 valence electrons. The maximum atomic E-state index is 13.3.